The summed E-state index contributed by atoms with van der Waals surface area (Å²) in [7, 11) is 0. The molecule has 0 aromatic heterocycles. The molecule has 0 saturated heterocycles. The maximum Gasteiger partial charge on any atom is 0.261 e. The molecule has 0 fully saturated rings. The van der Waals surface area contributed by atoms with E-state index in [1.54, 1.807) is 4.90 Å². The quantitative estimate of drug-likeness (QED) is 0.474. The van der Waals surface area contributed by atoms with E-state index in [-0.39, 0.29) is 18.4 Å². The Kier molecular flexibility index (Phi) is 9.07. The van der Waals surface area contributed by atoms with E-state index in [0.717, 1.165) is 11.1 Å². The van der Waals surface area contributed by atoms with Crippen LogP contribution in [0.5, 0.6) is 5.75 Å². The zero-order chi connectivity index (χ0) is 23.5. The predicted molar refractivity (Wildman–Crippen MR) is 131 cm³/mol. The Hall–Kier alpha value is -3.60. The van der Waals surface area contributed by atoms with E-state index in [1.165, 1.54) is 0 Å². The number of nitrogens with one attached hydrogen (secondary N) is 1. The van der Waals surface area contributed by atoms with Crippen molar-refractivity contribution in [2.45, 2.75) is 32.9 Å². The first kappa shape index (κ1) is 24.1. The van der Waals surface area contributed by atoms with Crippen LogP contribution in [-0.4, -0.2) is 35.9 Å². The van der Waals surface area contributed by atoms with Gasteiger partial charge in [0.2, 0.25) is 5.91 Å². The molecule has 5 nitrogen and oxygen atoms in total. The van der Waals surface area contributed by atoms with E-state index in [2.05, 4.69) is 5.32 Å². The molecule has 0 aliphatic carbocycles. The van der Waals surface area contributed by atoms with Crippen LogP contribution in [0.4, 0.5) is 0 Å². The monoisotopic (exact) mass is 444 g/mol. The van der Waals surface area contributed by atoms with Gasteiger partial charge in [-0.3, -0.25) is 9.59 Å². The minimum atomic E-state index is -0.654. The van der Waals surface area contributed by atoms with Crippen molar-refractivity contribution < 1.29 is 14.3 Å². The number of hydrogen-bond acceptors (Lipinski definition) is 3. The molecule has 3 aromatic rings. The number of para-hydroxylation sites is 1. The summed E-state index contributed by atoms with van der Waals surface area (Å²) in [5.41, 5.74) is 1.96. The van der Waals surface area contributed by atoms with Gasteiger partial charge in [0, 0.05) is 19.5 Å². The van der Waals surface area contributed by atoms with Gasteiger partial charge in [0.1, 0.15) is 11.8 Å². The maximum absolute atomic E-state index is 13.4. The standard InChI is InChI=1S/C28H32N2O3/c1-22(2)19-29-28(32)26(18-23-12-6-3-7-13-23)30(20-24-14-8-4-9-15-24)27(31)21-33-25-16-10-5-11-17-25/h3-17,22,26H,18-21H2,1-2H3,(H,29,32)/t26-/m1/s1. The largest absolute Gasteiger partial charge is 0.484 e. The van der Waals surface area contributed by atoms with Crippen LogP contribution in [0.25, 0.3) is 0 Å². The molecule has 0 unspecified atom stereocenters. The van der Waals surface area contributed by atoms with Crippen molar-refractivity contribution in [3.8, 4) is 5.75 Å². The van der Waals surface area contributed by atoms with E-state index in [9.17, 15) is 9.59 Å². The Bertz CT molecular complexity index is 991. The highest BCUT2D eigenvalue weighted by Crippen LogP contribution is 2.16. The zero-order valence-corrected chi connectivity index (χ0v) is 19.3. The number of amides is 2. The highest BCUT2D eigenvalue weighted by Gasteiger charge is 2.30. The van der Waals surface area contributed by atoms with Crippen LogP contribution in [0, 0.1) is 5.92 Å². The normalized spacial score (nSPS) is 11.6. The molecule has 1 atom stereocenters. The molecule has 5 heteroatoms. The van der Waals surface area contributed by atoms with Crippen molar-refractivity contribution in [3.05, 3.63) is 102 Å². The summed E-state index contributed by atoms with van der Waals surface area (Å²) in [5.74, 6) is 0.542. The van der Waals surface area contributed by atoms with E-state index in [4.69, 9.17) is 4.74 Å². The highest BCUT2D eigenvalue weighted by atomic mass is 16.5. The van der Waals surface area contributed by atoms with Gasteiger partial charge in [-0.15, -0.1) is 0 Å². The van der Waals surface area contributed by atoms with Crippen molar-refractivity contribution in [1.82, 2.24) is 10.2 Å². The predicted octanol–water partition coefficient (Wildman–Crippen LogP) is 4.48. The molecule has 2 amide bonds. The second-order valence-electron chi connectivity index (χ2n) is 8.45. The summed E-state index contributed by atoms with van der Waals surface area (Å²) < 4.78 is 5.74. The Morgan fingerprint density at radius 2 is 1.36 bits per heavy atom. The van der Waals surface area contributed by atoms with Gasteiger partial charge in [-0.25, -0.2) is 0 Å². The lowest BCUT2D eigenvalue weighted by atomic mass is 10.0. The van der Waals surface area contributed by atoms with Gasteiger partial charge in [0.15, 0.2) is 6.61 Å². The molecule has 1 N–H and O–H groups in total. The van der Waals surface area contributed by atoms with Gasteiger partial charge in [0.25, 0.3) is 5.91 Å². The minimum Gasteiger partial charge on any atom is -0.484 e. The van der Waals surface area contributed by atoms with Gasteiger partial charge in [-0.2, -0.15) is 0 Å². The molecule has 0 aliphatic rings. The molecule has 33 heavy (non-hydrogen) atoms. The summed E-state index contributed by atoms with van der Waals surface area (Å²) in [4.78, 5) is 28.4. The second kappa shape index (κ2) is 12.4. The van der Waals surface area contributed by atoms with Crippen LogP contribution in [-0.2, 0) is 22.6 Å². The topological polar surface area (TPSA) is 58.6 Å². The van der Waals surface area contributed by atoms with E-state index in [1.807, 2.05) is 105 Å². The molecule has 0 spiro atoms. The Morgan fingerprint density at radius 3 is 1.94 bits per heavy atom. The lowest BCUT2D eigenvalue weighted by molar-refractivity contribution is -0.142. The number of carbonyl (C=O) groups excluding carboxylic acids is 2. The molecule has 0 heterocycles. The number of benzene rings is 3. The van der Waals surface area contributed by atoms with Crippen LogP contribution < -0.4 is 10.1 Å². The summed E-state index contributed by atoms with van der Waals surface area (Å²) >= 11 is 0. The molecule has 3 aromatic carbocycles. The SMILES string of the molecule is CC(C)CNC(=O)[C@@H](Cc1ccccc1)N(Cc1ccccc1)C(=O)COc1ccccc1. The maximum atomic E-state index is 13.4. The smallest absolute Gasteiger partial charge is 0.261 e. The van der Waals surface area contributed by atoms with Gasteiger partial charge in [-0.05, 0) is 29.2 Å². The molecular formula is C28H32N2O3. The fourth-order valence-electron chi connectivity index (χ4n) is 3.50. The van der Waals surface area contributed by atoms with Crippen molar-refractivity contribution in [2.75, 3.05) is 13.2 Å². The number of hydrogen-bond donors (Lipinski definition) is 1. The molecule has 3 rings (SSSR count). The van der Waals surface area contributed by atoms with Crippen LogP contribution in [0.2, 0.25) is 0 Å². The first-order valence-electron chi connectivity index (χ1n) is 11.4. The molecular weight excluding hydrogens is 412 g/mol. The Labute approximate surface area is 196 Å². The second-order valence-corrected chi connectivity index (χ2v) is 8.45. The average Bonchev–Trinajstić information content (AvgIpc) is 2.85. The lowest BCUT2D eigenvalue weighted by Crippen LogP contribution is -2.52. The number of carbonyl (C=O) groups is 2. The fourth-order valence-corrected chi connectivity index (χ4v) is 3.50. The average molecular weight is 445 g/mol. The van der Waals surface area contributed by atoms with E-state index < -0.39 is 6.04 Å². The molecule has 0 radical (unpaired) electrons. The van der Waals surface area contributed by atoms with Crippen molar-refractivity contribution in [2.24, 2.45) is 5.92 Å². The summed E-state index contributed by atoms with van der Waals surface area (Å²) in [6, 6.07) is 28.1. The first-order valence-corrected chi connectivity index (χ1v) is 11.4. The molecule has 0 aliphatic heterocycles. The van der Waals surface area contributed by atoms with Crippen LogP contribution in [0.1, 0.15) is 25.0 Å². The third-order valence-electron chi connectivity index (χ3n) is 5.26. The van der Waals surface area contributed by atoms with Gasteiger partial charge in [-0.1, -0.05) is 92.7 Å². The van der Waals surface area contributed by atoms with Gasteiger partial charge < -0.3 is 15.0 Å². The fraction of sp³-hybridized carbons (Fsp3) is 0.286. The van der Waals surface area contributed by atoms with Crippen molar-refractivity contribution in [1.29, 1.82) is 0 Å². The third kappa shape index (κ3) is 7.79. The van der Waals surface area contributed by atoms with Crippen LogP contribution >= 0.6 is 0 Å². The van der Waals surface area contributed by atoms with Gasteiger partial charge in [0.05, 0.1) is 0 Å². The zero-order valence-electron chi connectivity index (χ0n) is 19.3. The van der Waals surface area contributed by atoms with E-state index >= 15 is 0 Å². The molecule has 0 saturated carbocycles. The Morgan fingerprint density at radius 1 is 0.818 bits per heavy atom. The number of rotatable bonds is 11. The summed E-state index contributed by atoms with van der Waals surface area (Å²) in [6.07, 6.45) is 0.425. The summed E-state index contributed by atoms with van der Waals surface area (Å²) in [6.45, 7) is 4.84. The highest BCUT2D eigenvalue weighted by molar-refractivity contribution is 5.88. The molecule has 0 bridgehead atoms. The minimum absolute atomic E-state index is 0.139. The van der Waals surface area contributed by atoms with Crippen LogP contribution in [0.3, 0.4) is 0 Å². The number of nitrogens with zero attached hydrogens (tertiary/aromatic N) is 1. The molecule has 172 valence electrons. The first-order chi connectivity index (χ1) is 16.0. The lowest BCUT2D eigenvalue weighted by Gasteiger charge is -2.31. The van der Waals surface area contributed by atoms with E-state index in [0.29, 0.717) is 31.2 Å². The third-order valence-corrected chi connectivity index (χ3v) is 5.26. The van der Waals surface area contributed by atoms with Crippen LogP contribution in [0.15, 0.2) is 91.0 Å². The summed E-state index contributed by atoms with van der Waals surface area (Å²) in [5, 5.41) is 3.02. The number of ether oxygens (including phenoxy) is 1. The Balaban J connectivity index is 1.86. The van der Waals surface area contributed by atoms with Gasteiger partial charge >= 0.3 is 0 Å². The van der Waals surface area contributed by atoms with Crippen molar-refractivity contribution in [3.63, 3.8) is 0 Å². The van der Waals surface area contributed by atoms with Crippen molar-refractivity contribution >= 4 is 11.8 Å².